The second kappa shape index (κ2) is 11.0. The van der Waals surface area contributed by atoms with Crippen LogP contribution in [0, 0.1) is 6.92 Å². The SMILES string of the molecule is Cc1ccc(S(=O)(=O)N(C)CC(=O)NNC(=O)CCCSc2ccccc2)cc1. The number of nitrogens with zero attached hydrogens (tertiary/aromatic N) is 1. The Morgan fingerprint density at radius 3 is 2.24 bits per heavy atom. The maximum absolute atomic E-state index is 12.5. The van der Waals surface area contributed by atoms with Crippen LogP contribution < -0.4 is 10.9 Å². The van der Waals surface area contributed by atoms with Crippen LogP contribution in [-0.4, -0.2) is 43.9 Å². The van der Waals surface area contributed by atoms with E-state index in [2.05, 4.69) is 10.9 Å². The van der Waals surface area contributed by atoms with Gasteiger partial charge in [0.2, 0.25) is 15.9 Å². The summed E-state index contributed by atoms with van der Waals surface area (Å²) in [5.41, 5.74) is 5.51. The first kappa shape index (κ1) is 22.9. The van der Waals surface area contributed by atoms with Crippen molar-refractivity contribution in [2.24, 2.45) is 0 Å². The first-order valence-corrected chi connectivity index (χ1v) is 11.5. The highest BCUT2D eigenvalue weighted by Crippen LogP contribution is 2.18. The summed E-state index contributed by atoms with van der Waals surface area (Å²) in [7, 11) is -2.46. The van der Waals surface area contributed by atoms with Crippen molar-refractivity contribution in [2.45, 2.75) is 29.6 Å². The van der Waals surface area contributed by atoms with Crippen molar-refractivity contribution >= 4 is 33.6 Å². The van der Waals surface area contributed by atoms with E-state index in [9.17, 15) is 18.0 Å². The topological polar surface area (TPSA) is 95.6 Å². The molecule has 0 atom stereocenters. The number of carbonyl (C=O) groups excluding carboxylic acids is 2. The minimum atomic E-state index is -3.78. The van der Waals surface area contributed by atoms with Gasteiger partial charge in [-0.1, -0.05) is 35.9 Å². The maximum Gasteiger partial charge on any atom is 0.253 e. The number of hydrogen-bond acceptors (Lipinski definition) is 5. The van der Waals surface area contributed by atoms with Crippen molar-refractivity contribution in [3.8, 4) is 0 Å². The summed E-state index contributed by atoms with van der Waals surface area (Å²) in [6.45, 7) is 1.46. The number of hydrazine groups is 1. The molecule has 0 spiro atoms. The summed E-state index contributed by atoms with van der Waals surface area (Å²) in [5.74, 6) is -0.158. The zero-order valence-corrected chi connectivity index (χ0v) is 18.1. The van der Waals surface area contributed by atoms with Crippen LogP contribution in [0.1, 0.15) is 18.4 Å². The highest BCUT2D eigenvalue weighted by atomic mass is 32.2. The summed E-state index contributed by atoms with van der Waals surface area (Å²) in [4.78, 5) is 25.0. The Kier molecular flexibility index (Phi) is 8.69. The van der Waals surface area contributed by atoms with Gasteiger partial charge in [-0.25, -0.2) is 8.42 Å². The van der Waals surface area contributed by atoms with E-state index in [1.807, 2.05) is 37.3 Å². The van der Waals surface area contributed by atoms with Crippen molar-refractivity contribution in [1.82, 2.24) is 15.2 Å². The molecule has 29 heavy (non-hydrogen) atoms. The molecular weight excluding hydrogens is 410 g/mol. The van der Waals surface area contributed by atoms with Crippen LogP contribution in [0.25, 0.3) is 0 Å². The van der Waals surface area contributed by atoms with Gasteiger partial charge in [0.1, 0.15) is 0 Å². The fourth-order valence-corrected chi connectivity index (χ4v) is 4.36. The number of sulfonamides is 1. The minimum absolute atomic E-state index is 0.110. The van der Waals surface area contributed by atoms with Gasteiger partial charge in [-0.15, -0.1) is 11.8 Å². The number of aryl methyl sites for hydroxylation is 1. The molecule has 0 heterocycles. The van der Waals surface area contributed by atoms with Crippen LogP contribution in [0.5, 0.6) is 0 Å². The molecule has 2 amide bonds. The minimum Gasteiger partial charge on any atom is -0.273 e. The largest absolute Gasteiger partial charge is 0.273 e. The fraction of sp³-hybridized carbons (Fsp3) is 0.300. The molecule has 0 saturated carbocycles. The molecule has 0 saturated heterocycles. The molecule has 0 aliphatic carbocycles. The molecule has 7 nitrogen and oxygen atoms in total. The quantitative estimate of drug-likeness (QED) is 0.358. The van der Waals surface area contributed by atoms with Crippen LogP contribution in [0.3, 0.4) is 0 Å². The summed E-state index contributed by atoms with van der Waals surface area (Å²) in [5, 5.41) is 0. The van der Waals surface area contributed by atoms with Gasteiger partial charge < -0.3 is 0 Å². The van der Waals surface area contributed by atoms with Crippen molar-refractivity contribution in [3.63, 3.8) is 0 Å². The summed E-state index contributed by atoms with van der Waals surface area (Å²) < 4.78 is 25.9. The predicted molar refractivity (Wildman–Crippen MR) is 114 cm³/mol. The lowest BCUT2D eigenvalue weighted by molar-refractivity contribution is -0.128. The van der Waals surface area contributed by atoms with Crippen molar-refractivity contribution in [3.05, 3.63) is 60.2 Å². The third-order valence-corrected chi connectivity index (χ3v) is 6.91. The van der Waals surface area contributed by atoms with Crippen molar-refractivity contribution in [1.29, 1.82) is 0 Å². The molecule has 0 unspecified atom stereocenters. The van der Waals surface area contributed by atoms with Gasteiger partial charge in [0.05, 0.1) is 11.4 Å². The van der Waals surface area contributed by atoms with E-state index < -0.39 is 22.5 Å². The number of likely N-dealkylation sites (N-methyl/N-ethyl adjacent to an activating group) is 1. The molecule has 2 aromatic carbocycles. The van der Waals surface area contributed by atoms with Crippen LogP contribution >= 0.6 is 11.8 Å². The first-order chi connectivity index (χ1) is 13.8. The number of benzene rings is 2. The number of hydrogen-bond donors (Lipinski definition) is 2. The lowest BCUT2D eigenvalue weighted by atomic mass is 10.2. The zero-order valence-electron chi connectivity index (χ0n) is 16.4. The number of thioether (sulfide) groups is 1. The average Bonchev–Trinajstić information content (AvgIpc) is 2.70. The van der Waals surface area contributed by atoms with E-state index >= 15 is 0 Å². The number of amides is 2. The molecule has 2 aromatic rings. The molecule has 9 heteroatoms. The number of nitrogens with one attached hydrogen (secondary N) is 2. The van der Waals surface area contributed by atoms with Crippen LogP contribution in [-0.2, 0) is 19.6 Å². The van der Waals surface area contributed by atoms with Gasteiger partial charge in [-0.2, -0.15) is 4.31 Å². The molecule has 0 bridgehead atoms. The highest BCUT2D eigenvalue weighted by Gasteiger charge is 2.22. The van der Waals surface area contributed by atoms with E-state index in [1.165, 1.54) is 19.2 Å². The normalized spacial score (nSPS) is 11.3. The average molecular weight is 436 g/mol. The molecule has 0 fully saturated rings. The Hall–Kier alpha value is -2.36. The van der Waals surface area contributed by atoms with Crippen LogP contribution in [0.2, 0.25) is 0 Å². The van der Waals surface area contributed by atoms with Gasteiger partial charge in [-0.05, 0) is 43.4 Å². The van der Waals surface area contributed by atoms with Crippen LogP contribution in [0.4, 0.5) is 0 Å². The molecule has 2 N–H and O–H groups in total. The van der Waals surface area contributed by atoms with E-state index in [0.29, 0.717) is 6.42 Å². The third kappa shape index (κ3) is 7.52. The van der Waals surface area contributed by atoms with E-state index in [-0.39, 0.29) is 17.2 Å². The zero-order chi connectivity index (χ0) is 21.3. The standard InChI is InChI=1S/C20H25N3O4S2/c1-16-10-12-18(13-11-16)29(26,27)23(2)15-20(25)22-21-19(24)9-6-14-28-17-7-4-3-5-8-17/h3-5,7-8,10-13H,6,9,14-15H2,1-2H3,(H,21,24)(H,22,25). The molecule has 0 aromatic heterocycles. The lowest BCUT2D eigenvalue weighted by Gasteiger charge is -2.17. The monoisotopic (exact) mass is 435 g/mol. The first-order valence-electron chi connectivity index (χ1n) is 9.07. The molecule has 156 valence electrons. The smallest absolute Gasteiger partial charge is 0.253 e. The molecule has 2 rings (SSSR count). The van der Waals surface area contributed by atoms with E-state index in [4.69, 9.17) is 0 Å². The lowest BCUT2D eigenvalue weighted by Crippen LogP contribution is -2.46. The Labute approximate surface area is 175 Å². The van der Waals surface area contributed by atoms with Gasteiger partial charge in [0.15, 0.2) is 0 Å². The van der Waals surface area contributed by atoms with E-state index in [1.54, 1.807) is 23.9 Å². The van der Waals surface area contributed by atoms with Crippen molar-refractivity contribution < 1.29 is 18.0 Å². The Morgan fingerprint density at radius 2 is 1.59 bits per heavy atom. The third-order valence-electron chi connectivity index (χ3n) is 4.00. The summed E-state index contributed by atoms with van der Waals surface area (Å²) in [6.07, 6.45) is 0.917. The van der Waals surface area contributed by atoms with Gasteiger partial charge in [0, 0.05) is 18.4 Å². The molecule has 0 aliphatic heterocycles. The highest BCUT2D eigenvalue weighted by molar-refractivity contribution is 7.99. The maximum atomic E-state index is 12.5. The van der Waals surface area contributed by atoms with Gasteiger partial charge in [0.25, 0.3) is 5.91 Å². The summed E-state index contributed by atoms with van der Waals surface area (Å²) in [6, 6.07) is 16.2. The van der Waals surface area contributed by atoms with Gasteiger partial charge >= 0.3 is 0 Å². The van der Waals surface area contributed by atoms with Gasteiger partial charge in [-0.3, -0.25) is 20.4 Å². The Morgan fingerprint density at radius 1 is 0.966 bits per heavy atom. The fourth-order valence-electron chi connectivity index (χ4n) is 2.36. The second-order valence-corrected chi connectivity index (χ2v) is 9.65. The van der Waals surface area contributed by atoms with E-state index in [0.717, 1.165) is 20.5 Å². The Bertz CT molecular complexity index is 917. The second-order valence-electron chi connectivity index (χ2n) is 6.44. The number of rotatable bonds is 9. The summed E-state index contributed by atoms with van der Waals surface area (Å²) >= 11 is 1.66. The predicted octanol–water partition coefficient (Wildman–Crippen LogP) is 2.34. The Balaban J connectivity index is 1.70. The van der Waals surface area contributed by atoms with Crippen LogP contribution in [0.15, 0.2) is 64.4 Å². The molecule has 0 radical (unpaired) electrons. The van der Waals surface area contributed by atoms with Crippen molar-refractivity contribution in [2.75, 3.05) is 19.3 Å². The molecular formula is C20H25N3O4S2. The number of carbonyl (C=O) groups is 2. The molecule has 0 aliphatic rings.